The molecule has 0 aliphatic carbocycles. The normalized spacial score (nSPS) is 11.9. The number of nitrogen functional groups attached to an aromatic ring is 1. The zero-order chi connectivity index (χ0) is 12.0. The molecule has 5 heteroatoms. The standard InChI is InChI=1S/C11H14N4O/c1-3-8(5-6-13-4-2)9-7-10(16)15-11(12)14-9/h4-7H,2-3H2,1H3,(H3,12,14,15,16)/b8-5+,13-6?. The quantitative estimate of drug-likeness (QED) is 0.748. The van der Waals surface area contributed by atoms with Crippen LogP contribution < -0.4 is 11.3 Å². The zero-order valence-corrected chi connectivity index (χ0v) is 9.10. The molecule has 0 fully saturated rings. The number of nitrogens with one attached hydrogen (secondary N) is 1. The van der Waals surface area contributed by atoms with E-state index in [1.165, 1.54) is 12.3 Å². The second-order valence-corrected chi connectivity index (χ2v) is 3.04. The predicted octanol–water partition coefficient (Wildman–Crippen LogP) is 1.36. The summed E-state index contributed by atoms with van der Waals surface area (Å²) in [4.78, 5) is 21.5. The van der Waals surface area contributed by atoms with Crippen molar-refractivity contribution < 1.29 is 0 Å². The lowest BCUT2D eigenvalue weighted by Crippen LogP contribution is -2.11. The zero-order valence-electron chi connectivity index (χ0n) is 9.10. The summed E-state index contributed by atoms with van der Waals surface area (Å²) in [6.45, 7) is 5.43. The maximum Gasteiger partial charge on any atom is 0.252 e. The number of aromatic amines is 1. The predicted molar refractivity (Wildman–Crippen MR) is 66.2 cm³/mol. The van der Waals surface area contributed by atoms with Gasteiger partial charge in [0, 0.05) is 18.5 Å². The van der Waals surface area contributed by atoms with Gasteiger partial charge in [-0.05, 0) is 18.1 Å². The van der Waals surface area contributed by atoms with Crippen molar-refractivity contribution >= 4 is 17.7 Å². The van der Waals surface area contributed by atoms with Crippen molar-refractivity contribution in [2.75, 3.05) is 5.73 Å². The number of H-pyrrole nitrogens is 1. The fourth-order valence-electron chi connectivity index (χ4n) is 1.22. The van der Waals surface area contributed by atoms with E-state index < -0.39 is 0 Å². The van der Waals surface area contributed by atoms with E-state index in [-0.39, 0.29) is 11.5 Å². The number of nitrogens with zero attached hydrogens (tertiary/aromatic N) is 2. The molecule has 0 saturated heterocycles. The molecule has 0 unspecified atom stereocenters. The van der Waals surface area contributed by atoms with Gasteiger partial charge in [-0.25, -0.2) is 4.98 Å². The van der Waals surface area contributed by atoms with Gasteiger partial charge in [-0.2, -0.15) is 0 Å². The molecule has 0 amide bonds. The van der Waals surface area contributed by atoms with Crippen LogP contribution in [-0.4, -0.2) is 16.2 Å². The van der Waals surface area contributed by atoms with Crippen molar-refractivity contribution in [1.82, 2.24) is 9.97 Å². The van der Waals surface area contributed by atoms with Gasteiger partial charge in [0.25, 0.3) is 5.56 Å². The summed E-state index contributed by atoms with van der Waals surface area (Å²) in [6.07, 6.45) is 5.55. The number of hydrogen-bond donors (Lipinski definition) is 2. The molecule has 1 aromatic heterocycles. The summed E-state index contributed by atoms with van der Waals surface area (Å²) in [5.41, 5.74) is 6.66. The molecule has 1 rings (SSSR count). The number of anilines is 1. The maximum absolute atomic E-state index is 11.2. The Bertz CT molecular complexity index is 485. The molecule has 3 N–H and O–H groups in total. The minimum atomic E-state index is -0.262. The Hall–Kier alpha value is -2.17. The van der Waals surface area contributed by atoms with Crippen LogP contribution in [0, 0.1) is 0 Å². The van der Waals surface area contributed by atoms with Crippen LogP contribution in [0.2, 0.25) is 0 Å². The summed E-state index contributed by atoms with van der Waals surface area (Å²) < 4.78 is 0. The number of aliphatic imine (C=N–C) groups is 1. The molecule has 84 valence electrons. The monoisotopic (exact) mass is 218 g/mol. The third-order valence-electron chi connectivity index (χ3n) is 1.94. The summed E-state index contributed by atoms with van der Waals surface area (Å²) >= 11 is 0. The van der Waals surface area contributed by atoms with Crippen molar-refractivity contribution in [2.45, 2.75) is 13.3 Å². The number of aromatic nitrogens is 2. The van der Waals surface area contributed by atoms with E-state index in [1.807, 2.05) is 6.92 Å². The highest BCUT2D eigenvalue weighted by Gasteiger charge is 2.02. The Kier molecular flexibility index (Phi) is 4.20. The molecule has 0 atom stereocenters. The Morgan fingerprint density at radius 3 is 3.06 bits per heavy atom. The number of rotatable bonds is 4. The molecule has 0 aromatic carbocycles. The van der Waals surface area contributed by atoms with Gasteiger partial charge in [-0.3, -0.25) is 14.8 Å². The van der Waals surface area contributed by atoms with E-state index in [9.17, 15) is 4.79 Å². The van der Waals surface area contributed by atoms with Crippen LogP contribution in [-0.2, 0) is 0 Å². The molecule has 0 bridgehead atoms. The highest BCUT2D eigenvalue weighted by Crippen LogP contribution is 2.13. The Labute approximate surface area is 93.4 Å². The van der Waals surface area contributed by atoms with Crippen LogP contribution >= 0.6 is 0 Å². The molecular weight excluding hydrogens is 204 g/mol. The Morgan fingerprint density at radius 2 is 2.50 bits per heavy atom. The molecular formula is C11H14N4O. The van der Waals surface area contributed by atoms with Gasteiger partial charge in [-0.15, -0.1) is 0 Å². The lowest BCUT2D eigenvalue weighted by Gasteiger charge is -2.02. The van der Waals surface area contributed by atoms with Gasteiger partial charge < -0.3 is 5.73 Å². The molecule has 5 nitrogen and oxygen atoms in total. The third kappa shape index (κ3) is 3.20. The van der Waals surface area contributed by atoms with Crippen LogP contribution in [0.25, 0.3) is 5.57 Å². The SMILES string of the molecule is C=CN=C/C=C(\CC)c1cc(=O)[nH]c(N)n1. The van der Waals surface area contributed by atoms with Crippen molar-refractivity contribution in [2.24, 2.45) is 4.99 Å². The molecule has 0 radical (unpaired) electrons. The summed E-state index contributed by atoms with van der Waals surface area (Å²) in [6, 6.07) is 1.41. The van der Waals surface area contributed by atoms with E-state index in [0.29, 0.717) is 5.69 Å². The van der Waals surface area contributed by atoms with Gasteiger partial charge in [0.2, 0.25) is 5.95 Å². The van der Waals surface area contributed by atoms with Gasteiger partial charge in [0.05, 0.1) is 5.69 Å². The second kappa shape index (κ2) is 5.65. The Balaban J connectivity index is 3.13. The topological polar surface area (TPSA) is 84.1 Å². The van der Waals surface area contributed by atoms with E-state index in [2.05, 4.69) is 21.5 Å². The van der Waals surface area contributed by atoms with Crippen LogP contribution in [0.4, 0.5) is 5.95 Å². The highest BCUT2D eigenvalue weighted by molar-refractivity contribution is 5.83. The third-order valence-corrected chi connectivity index (χ3v) is 1.94. The average Bonchev–Trinajstić information content (AvgIpc) is 2.23. The smallest absolute Gasteiger partial charge is 0.252 e. The molecule has 0 saturated carbocycles. The molecule has 16 heavy (non-hydrogen) atoms. The lowest BCUT2D eigenvalue weighted by atomic mass is 10.1. The van der Waals surface area contributed by atoms with Crippen LogP contribution in [0.1, 0.15) is 19.0 Å². The van der Waals surface area contributed by atoms with E-state index in [1.54, 1.807) is 12.3 Å². The fourth-order valence-corrected chi connectivity index (χ4v) is 1.22. The minimum absolute atomic E-state index is 0.113. The average molecular weight is 218 g/mol. The van der Waals surface area contributed by atoms with E-state index in [4.69, 9.17) is 5.73 Å². The first-order valence-corrected chi connectivity index (χ1v) is 4.87. The van der Waals surface area contributed by atoms with Crippen molar-refractivity contribution in [1.29, 1.82) is 0 Å². The van der Waals surface area contributed by atoms with Crippen LogP contribution in [0.5, 0.6) is 0 Å². The van der Waals surface area contributed by atoms with Gasteiger partial charge >= 0.3 is 0 Å². The van der Waals surface area contributed by atoms with Gasteiger partial charge in [0.1, 0.15) is 0 Å². The first-order valence-electron chi connectivity index (χ1n) is 4.87. The van der Waals surface area contributed by atoms with Gasteiger partial charge in [-0.1, -0.05) is 13.5 Å². The Morgan fingerprint density at radius 1 is 1.75 bits per heavy atom. The number of nitrogens with two attached hydrogens (primary N) is 1. The molecule has 1 heterocycles. The van der Waals surface area contributed by atoms with Gasteiger partial charge in [0.15, 0.2) is 0 Å². The lowest BCUT2D eigenvalue weighted by molar-refractivity contribution is 1.09. The summed E-state index contributed by atoms with van der Waals surface area (Å²) in [7, 11) is 0. The molecule has 1 aromatic rings. The van der Waals surface area contributed by atoms with E-state index in [0.717, 1.165) is 12.0 Å². The van der Waals surface area contributed by atoms with Crippen molar-refractivity contribution in [3.05, 3.63) is 41.0 Å². The van der Waals surface area contributed by atoms with Crippen molar-refractivity contribution in [3.8, 4) is 0 Å². The van der Waals surface area contributed by atoms with Crippen molar-refractivity contribution in [3.63, 3.8) is 0 Å². The minimum Gasteiger partial charge on any atom is -0.369 e. The summed E-state index contributed by atoms with van der Waals surface area (Å²) in [5.74, 6) is 0.113. The highest BCUT2D eigenvalue weighted by atomic mass is 16.1. The second-order valence-electron chi connectivity index (χ2n) is 3.04. The fraction of sp³-hybridized carbons (Fsp3) is 0.182. The molecule has 0 aliphatic heterocycles. The van der Waals surface area contributed by atoms with Crippen LogP contribution in [0.3, 0.4) is 0 Å². The first-order chi connectivity index (χ1) is 7.67. The number of allylic oxidation sites excluding steroid dienone is 2. The molecule has 0 aliphatic rings. The van der Waals surface area contributed by atoms with E-state index >= 15 is 0 Å². The van der Waals surface area contributed by atoms with Crippen LogP contribution in [0.15, 0.2) is 34.7 Å². The summed E-state index contributed by atoms with van der Waals surface area (Å²) in [5, 5.41) is 0. The first kappa shape index (κ1) is 11.9. The number of hydrogen-bond acceptors (Lipinski definition) is 4. The molecule has 0 spiro atoms. The largest absolute Gasteiger partial charge is 0.369 e. The maximum atomic E-state index is 11.2.